The number of fused-ring (bicyclic) bond motifs is 1. The van der Waals surface area contributed by atoms with Crippen molar-refractivity contribution in [3.05, 3.63) is 42.0 Å². The maximum atomic E-state index is 12.6. The summed E-state index contributed by atoms with van der Waals surface area (Å²) in [5, 5.41) is 16.9. The molecule has 2 aliphatic rings. The molecule has 0 aliphatic carbocycles. The molecule has 0 spiro atoms. The van der Waals surface area contributed by atoms with E-state index in [0.717, 1.165) is 9.87 Å². The molecule has 0 radical (unpaired) electrons. The summed E-state index contributed by atoms with van der Waals surface area (Å²) in [6.45, 7) is 6.26. The number of amidine groups is 2. The van der Waals surface area contributed by atoms with Crippen LogP contribution >= 0.6 is 0 Å². The number of nitrogens with one attached hydrogen (secondary N) is 2. The Hall–Kier alpha value is -3.16. The van der Waals surface area contributed by atoms with Gasteiger partial charge in [-0.2, -0.15) is 0 Å². The highest BCUT2D eigenvalue weighted by Crippen LogP contribution is 2.39. The van der Waals surface area contributed by atoms with Crippen molar-refractivity contribution >= 4 is 38.6 Å². The smallest absolute Gasteiger partial charge is 0.269 e. The third-order valence-electron chi connectivity index (χ3n) is 5.45. The van der Waals surface area contributed by atoms with Crippen LogP contribution in [0.5, 0.6) is 17.2 Å². The predicted octanol–water partition coefficient (Wildman–Crippen LogP) is 2.55. The Bertz CT molecular complexity index is 1350. The highest BCUT2D eigenvalue weighted by Gasteiger charge is 2.32. The number of phenolic OH excluding ortho intramolecular Hbond substituents is 1. The van der Waals surface area contributed by atoms with Gasteiger partial charge in [-0.25, -0.2) is 16.9 Å². The normalized spacial score (nSPS) is 18.3. The molecule has 2 aliphatic heterocycles. The minimum Gasteiger partial charge on any atom is -0.504 e. The first kappa shape index (κ1) is 24.9. The van der Waals surface area contributed by atoms with Gasteiger partial charge in [-0.3, -0.25) is 0 Å². The number of ether oxygens (including phenoxy) is 2. The van der Waals surface area contributed by atoms with Gasteiger partial charge in [-0.05, 0) is 35.2 Å². The monoisotopic (exact) mass is 521 g/mol. The molecule has 1 unspecified atom stereocenters. The van der Waals surface area contributed by atoms with E-state index in [1.54, 1.807) is 0 Å². The molecule has 2 atom stereocenters. The maximum Gasteiger partial charge on any atom is 0.269 e. The van der Waals surface area contributed by atoms with Gasteiger partial charge in [0.25, 0.3) is 11.2 Å². The first-order valence-corrected chi connectivity index (χ1v) is 13.2. The van der Waals surface area contributed by atoms with E-state index in [9.17, 15) is 17.7 Å². The van der Waals surface area contributed by atoms with E-state index in [2.05, 4.69) is 19.4 Å². The third kappa shape index (κ3) is 4.97. The largest absolute Gasteiger partial charge is 0.504 e. The summed E-state index contributed by atoms with van der Waals surface area (Å²) in [5.74, 6) is 1.12. The van der Waals surface area contributed by atoms with E-state index in [1.807, 2.05) is 39.0 Å². The summed E-state index contributed by atoms with van der Waals surface area (Å²) < 4.78 is 57.4. The highest BCUT2D eigenvalue weighted by molar-refractivity contribution is 7.89. The number of anilines is 1. The molecule has 188 valence electrons. The standard InChI is InChI=1S/C22H27N5O6S2/c1-22(2,3)19(13-9-10-15-16(11-13)33-12-32-15)24-21-20(25-34(29)26-21)23-14-7-6-8-17(18(14)28)35(30,31)27(4)5/h6-11,19,28H,12H2,1-5H3,(H,23,25)(H,24,26)/t19-,34?/m0/s1. The lowest BCUT2D eigenvalue weighted by Gasteiger charge is -2.32. The van der Waals surface area contributed by atoms with E-state index < -0.39 is 26.9 Å². The Morgan fingerprint density at radius 2 is 1.77 bits per heavy atom. The van der Waals surface area contributed by atoms with Crippen LogP contribution in [0.2, 0.25) is 0 Å². The molecule has 2 aromatic rings. The average molecular weight is 522 g/mol. The number of phenols is 1. The quantitative estimate of drug-likeness (QED) is 0.510. The number of para-hydroxylation sites is 1. The first-order chi connectivity index (χ1) is 16.4. The molecule has 2 heterocycles. The molecule has 0 amide bonds. The molecule has 0 aromatic heterocycles. The van der Waals surface area contributed by atoms with Crippen LogP contribution in [0, 0.1) is 5.41 Å². The van der Waals surface area contributed by atoms with E-state index >= 15 is 0 Å². The molecular weight excluding hydrogens is 494 g/mol. The molecule has 0 fully saturated rings. The van der Waals surface area contributed by atoms with Crippen LogP contribution in [0.3, 0.4) is 0 Å². The van der Waals surface area contributed by atoms with Crippen molar-refractivity contribution in [2.45, 2.75) is 31.7 Å². The summed E-state index contributed by atoms with van der Waals surface area (Å²) in [6, 6.07) is 9.59. The molecule has 2 aromatic carbocycles. The Morgan fingerprint density at radius 3 is 2.46 bits per heavy atom. The second-order valence-corrected chi connectivity index (χ2v) is 12.2. The number of sulfonamides is 1. The van der Waals surface area contributed by atoms with Crippen LogP contribution in [-0.2, 0) is 21.2 Å². The van der Waals surface area contributed by atoms with Gasteiger partial charge in [0.05, 0.1) is 11.7 Å². The van der Waals surface area contributed by atoms with Crippen molar-refractivity contribution in [1.82, 2.24) is 9.62 Å². The summed E-state index contributed by atoms with van der Waals surface area (Å²) in [5.41, 5.74) is 0.659. The molecule has 4 rings (SSSR count). The Kier molecular flexibility index (Phi) is 6.51. The lowest BCUT2D eigenvalue weighted by molar-refractivity contribution is 0.174. The van der Waals surface area contributed by atoms with Gasteiger partial charge in [0.2, 0.25) is 16.8 Å². The maximum absolute atomic E-state index is 12.6. The molecule has 35 heavy (non-hydrogen) atoms. The third-order valence-corrected chi connectivity index (χ3v) is 7.97. The van der Waals surface area contributed by atoms with Crippen molar-refractivity contribution in [3.8, 4) is 17.2 Å². The summed E-state index contributed by atoms with van der Waals surface area (Å²) >= 11 is -1.89. The zero-order valence-electron chi connectivity index (χ0n) is 19.9. The number of hydrogen-bond donors (Lipinski definition) is 3. The van der Waals surface area contributed by atoms with Crippen LogP contribution in [-0.4, -0.2) is 54.6 Å². The van der Waals surface area contributed by atoms with Crippen LogP contribution in [0.4, 0.5) is 5.69 Å². The van der Waals surface area contributed by atoms with Crippen molar-refractivity contribution in [2.24, 2.45) is 14.2 Å². The van der Waals surface area contributed by atoms with Crippen LogP contribution in [0.25, 0.3) is 0 Å². The van der Waals surface area contributed by atoms with Gasteiger partial charge < -0.3 is 25.2 Å². The van der Waals surface area contributed by atoms with Gasteiger partial charge >= 0.3 is 0 Å². The van der Waals surface area contributed by atoms with E-state index in [1.165, 1.54) is 32.3 Å². The zero-order chi connectivity index (χ0) is 25.5. The molecule has 13 heteroatoms. The second-order valence-electron chi connectivity index (χ2n) is 9.23. The van der Waals surface area contributed by atoms with Crippen LogP contribution in [0.15, 0.2) is 50.1 Å². The lowest BCUT2D eigenvalue weighted by Crippen LogP contribution is -2.41. The van der Waals surface area contributed by atoms with Gasteiger partial charge in [-0.15, -0.1) is 8.80 Å². The molecule has 3 N–H and O–H groups in total. The van der Waals surface area contributed by atoms with Gasteiger partial charge in [0.15, 0.2) is 28.9 Å². The number of rotatable bonds is 5. The Morgan fingerprint density at radius 1 is 1.09 bits per heavy atom. The fraction of sp³-hybridized carbons (Fsp3) is 0.364. The minimum atomic E-state index is -3.89. The summed E-state index contributed by atoms with van der Waals surface area (Å²) in [6.07, 6.45) is 0. The molecule has 0 saturated carbocycles. The average Bonchev–Trinajstić information content (AvgIpc) is 3.37. The molecule has 0 saturated heterocycles. The predicted molar refractivity (Wildman–Crippen MR) is 134 cm³/mol. The second kappa shape index (κ2) is 9.13. The van der Waals surface area contributed by atoms with Gasteiger partial charge in [-0.1, -0.05) is 32.9 Å². The van der Waals surface area contributed by atoms with Crippen molar-refractivity contribution in [3.63, 3.8) is 0 Å². The van der Waals surface area contributed by atoms with Crippen LogP contribution in [0.1, 0.15) is 32.4 Å². The molecular formula is C22H27N5O6S2. The number of aromatic hydroxyl groups is 1. The topological polar surface area (TPSA) is 142 Å². The molecule has 11 nitrogen and oxygen atoms in total. The number of nitrogens with zero attached hydrogens (tertiary/aromatic N) is 3. The lowest BCUT2D eigenvalue weighted by atomic mass is 9.82. The zero-order valence-corrected chi connectivity index (χ0v) is 21.5. The molecule has 0 bridgehead atoms. The Balaban J connectivity index is 1.64. The number of hydrogen-bond acceptors (Lipinski definition) is 8. The van der Waals surface area contributed by atoms with E-state index in [-0.39, 0.29) is 40.5 Å². The van der Waals surface area contributed by atoms with Gasteiger partial charge in [0, 0.05) is 14.1 Å². The fourth-order valence-electron chi connectivity index (χ4n) is 3.62. The van der Waals surface area contributed by atoms with Crippen molar-refractivity contribution in [1.29, 1.82) is 0 Å². The fourth-order valence-corrected chi connectivity index (χ4v) is 5.25. The van der Waals surface area contributed by atoms with Crippen LogP contribution < -0.4 is 20.1 Å². The highest BCUT2D eigenvalue weighted by atomic mass is 32.2. The van der Waals surface area contributed by atoms with Gasteiger partial charge in [0.1, 0.15) is 4.90 Å². The van der Waals surface area contributed by atoms with Crippen molar-refractivity contribution in [2.75, 3.05) is 26.2 Å². The summed E-state index contributed by atoms with van der Waals surface area (Å²) in [4.78, 5) is -0.272. The van der Waals surface area contributed by atoms with E-state index in [4.69, 9.17) is 9.47 Å². The first-order valence-electron chi connectivity index (χ1n) is 10.7. The minimum absolute atomic E-state index is 0.0791. The SMILES string of the molecule is CN(C)S(=O)(=O)c1cccc(NC2=NS(=O)N=C2N[C@@H](c2ccc3c(c2)OCO3)C(C)(C)C)c1O. The Labute approximate surface area is 206 Å². The number of benzene rings is 2. The van der Waals surface area contributed by atoms with E-state index in [0.29, 0.717) is 11.5 Å². The summed E-state index contributed by atoms with van der Waals surface area (Å²) in [7, 11) is -1.15. The van der Waals surface area contributed by atoms with Crippen molar-refractivity contribution < 1.29 is 27.2 Å².